The SMILES string of the molecule is Nc1cccc(C(=O)Nc2ncc(Br)nc2Br)c1Cl. The number of nitrogens with two attached hydrogens (primary N) is 1. The van der Waals surface area contributed by atoms with Gasteiger partial charge in [-0.1, -0.05) is 17.7 Å². The number of hydrogen-bond acceptors (Lipinski definition) is 4. The van der Waals surface area contributed by atoms with Gasteiger partial charge in [-0.15, -0.1) is 0 Å². The number of benzene rings is 1. The summed E-state index contributed by atoms with van der Waals surface area (Å²) in [4.78, 5) is 20.2. The Hall–Kier alpha value is -1.18. The molecular formula is C11H7Br2ClN4O. The van der Waals surface area contributed by atoms with Crippen LogP contribution >= 0.6 is 43.5 Å². The molecule has 1 heterocycles. The van der Waals surface area contributed by atoms with Crippen molar-refractivity contribution in [3.63, 3.8) is 0 Å². The topological polar surface area (TPSA) is 80.9 Å². The Morgan fingerprint density at radius 1 is 1.37 bits per heavy atom. The highest BCUT2D eigenvalue weighted by molar-refractivity contribution is 9.11. The maximum Gasteiger partial charge on any atom is 0.258 e. The number of hydrogen-bond donors (Lipinski definition) is 2. The number of nitrogen functional groups attached to an aromatic ring is 1. The monoisotopic (exact) mass is 404 g/mol. The molecule has 0 spiro atoms. The van der Waals surface area contributed by atoms with Crippen molar-refractivity contribution in [2.24, 2.45) is 0 Å². The van der Waals surface area contributed by atoms with Gasteiger partial charge >= 0.3 is 0 Å². The van der Waals surface area contributed by atoms with Crippen LogP contribution in [0, 0.1) is 0 Å². The Balaban J connectivity index is 2.28. The average Bonchev–Trinajstić information content (AvgIpc) is 2.36. The van der Waals surface area contributed by atoms with E-state index in [0.29, 0.717) is 20.7 Å². The summed E-state index contributed by atoms with van der Waals surface area (Å²) in [6.07, 6.45) is 1.47. The van der Waals surface area contributed by atoms with Crippen LogP contribution in [0.2, 0.25) is 5.02 Å². The Morgan fingerprint density at radius 3 is 2.79 bits per heavy atom. The van der Waals surface area contributed by atoms with E-state index in [1.807, 2.05) is 0 Å². The molecule has 0 saturated heterocycles. The summed E-state index contributed by atoms with van der Waals surface area (Å²) in [5.74, 6) is -0.110. The van der Waals surface area contributed by atoms with Crippen LogP contribution in [0.4, 0.5) is 11.5 Å². The van der Waals surface area contributed by atoms with E-state index in [4.69, 9.17) is 17.3 Å². The third kappa shape index (κ3) is 3.23. The molecule has 0 fully saturated rings. The van der Waals surface area contributed by atoms with Gasteiger partial charge in [0.15, 0.2) is 5.82 Å². The molecule has 3 N–H and O–H groups in total. The fourth-order valence-corrected chi connectivity index (χ4v) is 2.45. The molecule has 0 aliphatic carbocycles. The molecule has 1 aromatic carbocycles. The van der Waals surface area contributed by atoms with Crippen molar-refractivity contribution < 1.29 is 4.79 Å². The van der Waals surface area contributed by atoms with Crippen molar-refractivity contribution in [3.05, 3.63) is 44.2 Å². The molecule has 19 heavy (non-hydrogen) atoms. The molecule has 1 aromatic heterocycles. The van der Waals surface area contributed by atoms with Crippen LogP contribution in [0.15, 0.2) is 33.6 Å². The third-order valence-electron chi connectivity index (χ3n) is 2.21. The van der Waals surface area contributed by atoms with E-state index in [1.165, 1.54) is 6.20 Å². The van der Waals surface area contributed by atoms with Gasteiger partial charge in [0.2, 0.25) is 0 Å². The van der Waals surface area contributed by atoms with Crippen molar-refractivity contribution in [1.82, 2.24) is 9.97 Å². The van der Waals surface area contributed by atoms with E-state index in [-0.39, 0.29) is 10.6 Å². The first-order chi connectivity index (χ1) is 8.99. The van der Waals surface area contributed by atoms with Crippen molar-refractivity contribution >= 4 is 60.9 Å². The maximum absolute atomic E-state index is 12.1. The third-order valence-corrected chi connectivity index (χ3v) is 3.56. The van der Waals surface area contributed by atoms with E-state index in [1.54, 1.807) is 18.2 Å². The molecule has 0 bridgehead atoms. The highest BCUT2D eigenvalue weighted by Crippen LogP contribution is 2.25. The molecular weight excluding hydrogens is 399 g/mol. The highest BCUT2D eigenvalue weighted by atomic mass is 79.9. The van der Waals surface area contributed by atoms with Crippen molar-refractivity contribution in [1.29, 1.82) is 0 Å². The molecule has 0 aliphatic rings. The lowest BCUT2D eigenvalue weighted by atomic mass is 10.2. The lowest BCUT2D eigenvalue weighted by molar-refractivity contribution is 0.102. The van der Waals surface area contributed by atoms with E-state index < -0.39 is 5.91 Å². The van der Waals surface area contributed by atoms with Gasteiger partial charge in [0.25, 0.3) is 5.91 Å². The minimum Gasteiger partial charge on any atom is -0.398 e. The smallest absolute Gasteiger partial charge is 0.258 e. The van der Waals surface area contributed by atoms with Crippen LogP contribution in [0.5, 0.6) is 0 Å². The first-order valence-electron chi connectivity index (χ1n) is 5.02. The maximum atomic E-state index is 12.1. The zero-order valence-corrected chi connectivity index (χ0v) is 13.3. The number of aromatic nitrogens is 2. The van der Waals surface area contributed by atoms with Crippen LogP contribution in [0.25, 0.3) is 0 Å². The second-order valence-corrected chi connectivity index (χ2v) is 5.44. The Kier molecular flexibility index (Phi) is 4.38. The van der Waals surface area contributed by atoms with Gasteiger partial charge in [-0.25, -0.2) is 9.97 Å². The van der Waals surface area contributed by atoms with Crippen molar-refractivity contribution in [2.45, 2.75) is 0 Å². The summed E-state index contributed by atoms with van der Waals surface area (Å²) in [5, 5.41) is 2.81. The second kappa shape index (κ2) is 5.85. The number of nitrogens with one attached hydrogen (secondary N) is 1. The normalized spacial score (nSPS) is 10.3. The number of carbonyl (C=O) groups is 1. The molecule has 1 amide bonds. The zero-order valence-electron chi connectivity index (χ0n) is 9.32. The number of halogens is 3. The summed E-state index contributed by atoms with van der Waals surface area (Å²) < 4.78 is 0.967. The molecule has 0 aliphatic heterocycles. The van der Waals surface area contributed by atoms with E-state index in [2.05, 4.69) is 47.1 Å². The van der Waals surface area contributed by atoms with Crippen LogP contribution in [0.3, 0.4) is 0 Å². The summed E-state index contributed by atoms with van der Waals surface area (Å²) >= 11 is 12.4. The predicted octanol–water partition coefficient (Wildman–Crippen LogP) is 3.49. The Morgan fingerprint density at radius 2 is 2.11 bits per heavy atom. The number of carbonyl (C=O) groups excluding carboxylic acids is 1. The number of nitrogens with zero attached hydrogens (tertiary/aromatic N) is 2. The van der Waals surface area contributed by atoms with Crippen LogP contribution < -0.4 is 11.1 Å². The molecule has 98 valence electrons. The van der Waals surface area contributed by atoms with Gasteiger partial charge < -0.3 is 11.1 Å². The summed E-state index contributed by atoms with van der Waals surface area (Å²) in [7, 11) is 0. The van der Waals surface area contributed by atoms with Gasteiger partial charge in [0.1, 0.15) is 9.21 Å². The Bertz CT molecular complexity index is 651. The molecule has 8 heteroatoms. The minimum atomic E-state index is -0.408. The van der Waals surface area contributed by atoms with Crippen LogP contribution in [-0.2, 0) is 0 Å². The molecule has 0 unspecified atom stereocenters. The standard InChI is InChI=1S/C11H7Br2ClN4O/c12-7-4-16-10(9(13)17-7)18-11(19)5-2-1-3-6(15)8(5)14/h1-4H,15H2,(H,16,18,19). The summed E-state index contributed by atoms with van der Waals surface area (Å²) in [5.41, 5.74) is 6.27. The fraction of sp³-hybridized carbons (Fsp3) is 0. The fourth-order valence-electron chi connectivity index (χ4n) is 1.33. The van der Waals surface area contributed by atoms with Gasteiger partial charge in [-0.2, -0.15) is 0 Å². The molecule has 0 atom stereocenters. The second-order valence-electron chi connectivity index (χ2n) is 3.50. The largest absolute Gasteiger partial charge is 0.398 e. The van der Waals surface area contributed by atoms with Gasteiger partial charge in [0, 0.05) is 0 Å². The molecule has 0 saturated carbocycles. The van der Waals surface area contributed by atoms with Gasteiger partial charge in [-0.3, -0.25) is 4.79 Å². The highest BCUT2D eigenvalue weighted by Gasteiger charge is 2.14. The summed E-state index contributed by atoms with van der Waals surface area (Å²) in [6.45, 7) is 0. The van der Waals surface area contributed by atoms with Gasteiger partial charge in [0.05, 0.1) is 22.5 Å². The minimum absolute atomic E-state index is 0.209. The number of anilines is 2. The van der Waals surface area contributed by atoms with E-state index in [0.717, 1.165) is 0 Å². The van der Waals surface area contributed by atoms with Crippen LogP contribution in [-0.4, -0.2) is 15.9 Å². The quantitative estimate of drug-likeness (QED) is 0.748. The molecule has 2 aromatic rings. The van der Waals surface area contributed by atoms with E-state index in [9.17, 15) is 4.79 Å². The van der Waals surface area contributed by atoms with Crippen molar-refractivity contribution in [3.8, 4) is 0 Å². The van der Waals surface area contributed by atoms with Crippen LogP contribution in [0.1, 0.15) is 10.4 Å². The molecule has 5 nitrogen and oxygen atoms in total. The number of rotatable bonds is 2. The average molecular weight is 406 g/mol. The predicted molar refractivity (Wildman–Crippen MR) is 81.2 cm³/mol. The number of amides is 1. The first-order valence-corrected chi connectivity index (χ1v) is 6.99. The van der Waals surface area contributed by atoms with Gasteiger partial charge in [-0.05, 0) is 44.0 Å². The lowest BCUT2D eigenvalue weighted by Gasteiger charge is -2.08. The Labute approximate surface area is 130 Å². The zero-order chi connectivity index (χ0) is 14.0. The molecule has 2 rings (SSSR count). The lowest BCUT2D eigenvalue weighted by Crippen LogP contribution is -2.14. The van der Waals surface area contributed by atoms with E-state index >= 15 is 0 Å². The molecule has 0 radical (unpaired) electrons. The van der Waals surface area contributed by atoms with Crippen molar-refractivity contribution in [2.75, 3.05) is 11.1 Å². The first kappa shape index (κ1) is 14.2. The summed E-state index contributed by atoms with van der Waals surface area (Å²) in [6, 6.07) is 4.85.